The van der Waals surface area contributed by atoms with E-state index in [1.165, 1.54) is 43.4 Å². The lowest BCUT2D eigenvalue weighted by atomic mass is 9.83. The highest BCUT2D eigenvalue weighted by atomic mass is 15.3. The molecule has 0 spiro atoms. The summed E-state index contributed by atoms with van der Waals surface area (Å²) in [5, 5.41) is 8.38. The van der Waals surface area contributed by atoms with E-state index in [4.69, 9.17) is 5.10 Å². The Morgan fingerprint density at radius 2 is 2.00 bits per heavy atom. The van der Waals surface area contributed by atoms with Crippen molar-refractivity contribution >= 4 is 0 Å². The first-order chi connectivity index (χ1) is 9.40. The first-order valence-corrected chi connectivity index (χ1v) is 8.20. The van der Waals surface area contributed by atoms with Gasteiger partial charge in [-0.15, -0.1) is 0 Å². The Balaban J connectivity index is 2.09. The van der Waals surface area contributed by atoms with Gasteiger partial charge in [-0.3, -0.25) is 4.68 Å². The number of hydrogen-bond acceptors (Lipinski definition) is 2. The quantitative estimate of drug-likeness (QED) is 0.893. The SMILES string of the molecule is CCC1CCCCC1n1cc(CNC(C)(C)C)c(C)n1. The maximum absolute atomic E-state index is 4.81. The molecule has 0 bridgehead atoms. The van der Waals surface area contributed by atoms with Crippen molar-refractivity contribution in [1.29, 1.82) is 0 Å². The normalized spacial score (nSPS) is 24.1. The highest BCUT2D eigenvalue weighted by molar-refractivity contribution is 5.16. The van der Waals surface area contributed by atoms with Crippen LogP contribution in [0.4, 0.5) is 0 Å². The first-order valence-electron chi connectivity index (χ1n) is 8.20. The maximum Gasteiger partial charge on any atom is 0.0638 e. The highest BCUT2D eigenvalue weighted by Crippen LogP contribution is 2.35. The Labute approximate surface area is 124 Å². The second-order valence-electron chi connectivity index (χ2n) is 7.34. The molecule has 0 radical (unpaired) electrons. The fraction of sp³-hybridized carbons (Fsp3) is 0.824. The fourth-order valence-electron chi connectivity index (χ4n) is 3.24. The van der Waals surface area contributed by atoms with Crippen LogP contribution in [0, 0.1) is 12.8 Å². The molecule has 3 nitrogen and oxygen atoms in total. The predicted molar refractivity (Wildman–Crippen MR) is 84.8 cm³/mol. The number of nitrogens with zero attached hydrogens (tertiary/aromatic N) is 2. The van der Waals surface area contributed by atoms with Crippen molar-refractivity contribution in [2.45, 2.75) is 84.8 Å². The van der Waals surface area contributed by atoms with Crippen LogP contribution in [-0.4, -0.2) is 15.3 Å². The van der Waals surface area contributed by atoms with Crippen LogP contribution in [0.5, 0.6) is 0 Å². The Bertz CT molecular complexity index is 428. The number of aryl methyl sites for hydroxylation is 1. The van der Waals surface area contributed by atoms with Gasteiger partial charge >= 0.3 is 0 Å². The van der Waals surface area contributed by atoms with E-state index >= 15 is 0 Å². The molecule has 1 saturated carbocycles. The van der Waals surface area contributed by atoms with Crippen molar-refractivity contribution in [1.82, 2.24) is 15.1 Å². The van der Waals surface area contributed by atoms with Crippen LogP contribution in [0.15, 0.2) is 6.20 Å². The zero-order valence-corrected chi connectivity index (χ0v) is 13.9. The van der Waals surface area contributed by atoms with E-state index < -0.39 is 0 Å². The summed E-state index contributed by atoms with van der Waals surface area (Å²) >= 11 is 0. The second kappa shape index (κ2) is 6.30. The molecule has 1 heterocycles. The van der Waals surface area contributed by atoms with E-state index in [2.05, 4.69) is 50.8 Å². The summed E-state index contributed by atoms with van der Waals surface area (Å²) < 4.78 is 2.27. The third kappa shape index (κ3) is 3.85. The van der Waals surface area contributed by atoms with Gasteiger partial charge in [0.05, 0.1) is 11.7 Å². The summed E-state index contributed by atoms with van der Waals surface area (Å²) in [7, 11) is 0. The molecule has 1 aromatic heterocycles. The molecule has 0 amide bonds. The lowest BCUT2D eigenvalue weighted by molar-refractivity contribution is 0.217. The molecule has 2 rings (SSSR count). The van der Waals surface area contributed by atoms with Crippen molar-refractivity contribution < 1.29 is 0 Å². The fourth-order valence-corrected chi connectivity index (χ4v) is 3.24. The topological polar surface area (TPSA) is 29.9 Å². The highest BCUT2D eigenvalue weighted by Gasteiger charge is 2.26. The molecule has 0 aromatic carbocycles. The molecule has 1 aliphatic carbocycles. The molecule has 0 aliphatic heterocycles. The smallest absolute Gasteiger partial charge is 0.0638 e. The molecule has 1 fully saturated rings. The molecule has 114 valence electrons. The summed E-state index contributed by atoms with van der Waals surface area (Å²) in [6, 6.07) is 0.621. The van der Waals surface area contributed by atoms with E-state index in [0.717, 1.165) is 12.5 Å². The molecular weight excluding hydrogens is 246 g/mol. The largest absolute Gasteiger partial charge is 0.308 e. The van der Waals surface area contributed by atoms with Crippen molar-refractivity contribution in [2.75, 3.05) is 0 Å². The molecule has 1 aliphatic rings. The lowest BCUT2D eigenvalue weighted by Crippen LogP contribution is -2.35. The van der Waals surface area contributed by atoms with Crippen LogP contribution in [0.3, 0.4) is 0 Å². The van der Waals surface area contributed by atoms with Crippen LogP contribution in [0.1, 0.15) is 77.1 Å². The first kappa shape index (κ1) is 15.6. The van der Waals surface area contributed by atoms with Crippen LogP contribution < -0.4 is 5.32 Å². The summed E-state index contributed by atoms with van der Waals surface area (Å²) in [6.07, 6.45) is 8.98. The summed E-state index contributed by atoms with van der Waals surface area (Å²) in [6.45, 7) is 12.0. The molecule has 2 unspecified atom stereocenters. The van der Waals surface area contributed by atoms with Gasteiger partial charge in [-0.1, -0.05) is 26.2 Å². The van der Waals surface area contributed by atoms with Gasteiger partial charge in [0, 0.05) is 23.8 Å². The number of rotatable bonds is 4. The van der Waals surface area contributed by atoms with Gasteiger partial charge in [0.2, 0.25) is 0 Å². The Hall–Kier alpha value is -0.830. The van der Waals surface area contributed by atoms with E-state index in [1.54, 1.807) is 0 Å². The zero-order chi connectivity index (χ0) is 14.8. The number of hydrogen-bond donors (Lipinski definition) is 1. The van der Waals surface area contributed by atoms with Gasteiger partial charge in [0.1, 0.15) is 0 Å². The number of nitrogens with one attached hydrogen (secondary N) is 1. The van der Waals surface area contributed by atoms with Crippen molar-refractivity contribution in [3.05, 3.63) is 17.5 Å². The second-order valence-corrected chi connectivity index (χ2v) is 7.34. The Kier molecular flexibility index (Phi) is 4.90. The minimum atomic E-state index is 0.158. The molecule has 1 N–H and O–H groups in total. The average molecular weight is 277 g/mol. The van der Waals surface area contributed by atoms with Crippen LogP contribution in [-0.2, 0) is 6.54 Å². The monoisotopic (exact) mass is 277 g/mol. The molecule has 2 atom stereocenters. The predicted octanol–water partition coefficient (Wildman–Crippen LogP) is 4.22. The number of aromatic nitrogens is 2. The van der Waals surface area contributed by atoms with Gasteiger partial charge in [0.25, 0.3) is 0 Å². The minimum absolute atomic E-state index is 0.158. The maximum atomic E-state index is 4.81. The molecule has 20 heavy (non-hydrogen) atoms. The molecule has 1 aromatic rings. The third-order valence-corrected chi connectivity index (χ3v) is 4.56. The molecule has 0 saturated heterocycles. The van der Waals surface area contributed by atoms with E-state index in [9.17, 15) is 0 Å². The molecular formula is C17H31N3. The van der Waals surface area contributed by atoms with Crippen molar-refractivity contribution in [2.24, 2.45) is 5.92 Å². The Morgan fingerprint density at radius 3 is 2.65 bits per heavy atom. The average Bonchev–Trinajstić information content (AvgIpc) is 2.77. The summed E-state index contributed by atoms with van der Waals surface area (Å²) in [5.41, 5.74) is 2.69. The van der Waals surface area contributed by atoms with Gasteiger partial charge < -0.3 is 5.32 Å². The van der Waals surface area contributed by atoms with E-state index in [-0.39, 0.29) is 5.54 Å². The lowest BCUT2D eigenvalue weighted by Gasteiger charge is -2.31. The minimum Gasteiger partial charge on any atom is -0.308 e. The van der Waals surface area contributed by atoms with E-state index in [0.29, 0.717) is 6.04 Å². The summed E-state index contributed by atoms with van der Waals surface area (Å²) in [4.78, 5) is 0. The van der Waals surface area contributed by atoms with E-state index in [1.807, 2.05) is 0 Å². The van der Waals surface area contributed by atoms with Crippen LogP contribution in [0.25, 0.3) is 0 Å². The van der Waals surface area contributed by atoms with Crippen molar-refractivity contribution in [3.8, 4) is 0 Å². The van der Waals surface area contributed by atoms with Gasteiger partial charge in [-0.05, 0) is 46.5 Å². The van der Waals surface area contributed by atoms with Gasteiger partial charge in [-0.2, -0.15) is 5.10 Å². The zero-order valence-electron chi connectivity index (χ0n) is 13.9. The standard InChI is InChI=1S/C17H31N3/c1-6-14-9-7-8-10-16(14)20-12-15(13(2)19-20)11-18-17(3,4)5/h12,14,16,18H,6-11H2,1-5H3. The summed E-state index contributed by atoms with van der Waals surface area (Å²) in [5.74, 6) is 0.812. The van der Waals surface area contributed by atoms with Gasteiger partial charge in [0.15, 0.2) is 0 Å². The van der Waals surface area contributed by atoms with Gasteiger partial charge in [-0.25, -0.2) is 0 Å². The Morgan fingerprint density at radius 1 is 1.30 bits per heavy atom. The van der Waals surface area contributed by atoms with Crippen molar-refractivity contribution in [3.63, 3.8) is 0 Å². The van der Waals surface area contributed by atoms with Crippen LogP contribution in [0.2, 0.25) is 0 Å². The molecule has 3 heteroatoms. The van der Waals surface area contributed by atoms with Crippen LogP contribution >= 0.6 is 0 Å². The third-order valence-electron chi connectivity index (χ3n) is 4.56.